The van der Waals surface area contributed by atoms with Gasteiger partial charge in [-0.05, 0) is 50.2 Å². The lowest BCUT2D eigenvalue weighted by Gasteiger charge is -2.22. The number of thiophene rings is 1. The zero-order valence-electron chi connectivity index (χ0n) is 11.4. The van der Waals surface area contributed by atoms with Gasteiger partial charge < -0.3 is 15.4 Å². The zero-order chi connectivity index (χ0) is 13.5. The Morgan fingerprint density at radius 3 is 2.95 bits per heavy atom. The van der Waals surface area contributed by atoms with Gasteiger partial charge in [-0.1, -0.05) is 0 Å². The van der Waals surface area contributed by atoms with Gasteiger partial charge in [0.25, 0.3) is 5.91 Å². The molecular formula is C14H22N2O2S. The molecule has 0 bridgehead atoms. The van der Waals surface area contributed by atoms with Crippen LogP contribution in [0.5, 0.6) is 0 Å². The van der Waals surface area contributed by atoms with Gasteiger partial charge in [0.1, 0.15) is 0 Å². The normalized spacial score (nSPS) is 16.5. The zero-order valence-corrected chi connectivity index (χ0v) is 12.2. The molecule has 0 aromatic carbocycles. The predicted molar refractivity (Wildman–Crippen MR) is 77.8 cm³/mol. The summed E-state index contributed by atoms with van der Waals surface area (Å²) in [5, 5.41) is 10.1. The van der Waals surface area contributed by atoms with Crippen LogP contribution in [-0.2, 0) is 4.74 Å². The van der Waals surface area contributed by atoms with Crippen molar-refractivity contribution >= 4 is 17.2 Å². The maximum absolute atomic E-state index is 11.8. The molecule has 1 saturated heterocycles. The van der Waals surface area contributed by atoms with Crippen LogP contribution in [0.2, 0.25) is 0 Å². The Labute approximate surface area is 118 Å². The van der Waals surface area contributed by atoms with E-state index in [0.717, 1.165) is 50.1 Å². The fourth-order valence-corrected chi connectivity index (χ4v) is 3.00. The van der Waals surface area contributed by atoms with Crippen LogP contribution in [0.25, 0.3) is 0 Å². The first-order chi connectivity index (χ1) is 9.27. The van der Waals surface area contributed by atoms with E-state index in [-0.39, 0.29) is 5.91 Å². The van der Waals surface area contributed by atoms with E-state index in [9.17, 15) is 4.79 Å². The van der Waals surface area contributed by atoms with Gasteiger partial charge in [-0.2, -0.15) is 11.3 Å². The first kappa shape index (κ1) is 14.5. The Morgan fingerprint density at radius 1 is 1.47 bits per heavy atom. The van der Waals surface area contributed by atoms with E-state index in [1.165, 1.54) is 0 Å². The molecule has 19 heavy (non-hydrogen) atoms. The van der Waals surface area contributed by atoms with Crippen molar-refractivity contribution < 1.29 is 9.53 Å². The lowest BCUT2D eigenvalue weighted by Crippen LogP contribution is -2.33. The lowest BCUT2D eigenvalue weighted by atomic mass is 10.1. The van der Waals surface area contributed by atoms with Crippen molar-refractivity contribution in [1.82, 2.24) is 10.6 Å². The summed E-state index contributed by atoms with van der Waals surface area (Å²) in [4.78, 5) is 11.8. The van der Waals surface area contributed by atoms with Crippen molar-refractivity contribution in [1.29, 1.82) is 0 Å². The van der Waals surface area contributed by atoms with Crippen molar-refractivity contribution in [2.75, 3.05) is 26.2 Å². The molecule has 2 N–H and O–H groups in total. The summed E-state index contributed by atoms with van der Waals surface area (Å²) in [5.74, 6) is 0.0283. The highest BCUT2D eigenvalue weighted by Crippen LogP contribution is 2.13. The highest BCUT2D eigenvalue weighted by atomic mass is 32.1. The van der Waals surface area contributed by atoms with E-state index in [1.54, 1.807) is 11.3 Å². The standard InChI is InChI=1S/C14H22N2O2S/c1-11-9-19-10-13(11)14(17)16-5-2-8-18-12-3-6-15-7-4-12/h9-10,12,15H,2-8H2,1H3,(H,16,17). The van der Waals surface area contributed by atoms with Crippen molar-refractivity contribution in [2.24, 2.45) is 0 Å². The molecule has 2 heterocycles. The third-order valence-corrected chi connectivity index (χ3v) is 4.21. The number of ether oxygens (including phenoxy) is 1. The summed E-state index contributed by atoms with van der Waals surface area (Å²) in [6.45, 7) is 5.48. The summed E-state index contributed by atoms with van der Waals surface area (Å²) in [7, 11) is 0. The number of rotatable bonds is 6. The first-order valence-corrected chi connectivity index (χ1v) is 7.85. The summed E-state index contributed by atoms with van der Waals surface area (Å²) in [5.41, 5.74) is 1.85. The highest BCUT2D eigenvalue weighted by Gasteiger charge is 2.13. The first-order valence-electron chi connectivity index (χ1n) is 6.90. The minimum Gasteiger partial charge on any atom is -0.378 e. The second kappa shape index (κ2) is 7.62. The van der Waals surface area contributed by atoms with Crippen molar-refractivity contribution in [3.63, 3.8) is 0 Å². The maximum Gasteiger partial charge on any atom is 0.252 e. The molecule has 0 unspecified atom stereocenters. The molecule has 106 valence electrons. The number of carbonyl (C=O) groups excluding carboxylic acids is 1. The van der Waals surface area contributed by atoms with E-state index in [4.69, 9.17) is 4.74 Å². The van der Waals surface area contributed by atoms with E-state index in [0.29, 0.717) is 12.6 Å². The fourth-order valence-electron chi connectivity index (χ4n) is 2.17. The number of nitrogens with one attached hydrogen (secondary N) is 2. The maximum atomic E-state index is 11.8. The molecule has 1 aliphatic heterocycles. The third-order valence-electron chi connectivity index (χ3n) is 3.35. The Kier molecular flexibility index (Phi) is 5.82. The number of hydrogen-bond donors (Lipinski definition) is 2. The Morgan fingerprint density at radius 2 is 2.26 bits per heavy atom. The Balaban J connectivity index is 1.56. The van der Waals surface area contributed by atoms with Crippen molar-refractivity contribution in [3.05, 3.63) is 21.9 Å². The molecule has 2 rings (SSSR count). The average molecular weight is 282 g/mol. The van der Waals surface area contributed by atoms with E-state index < -0.39 is 0 Å². The fraction of sp³-hybridized carbons (Fsp3) is 0.643. The summed E-state index contributed by atoms with van der Waals surface area (Å²) in [6, 6.07) is 0. The molecule has 1 aromatic rings. The van der Waals surface area contributed by atoms with Crippen LogP contribution in [0.4, 0.5) is 0 Å². The van der Waals surface area contributed by atoms with Gasteiger partial charge >= 0.3 is 0 Å². The minimum atomic E-state index is 0.0283. The van der Waals surface area contributed by atoms with Gasteiger partial charge in [-0.3, -0.25) is 4.79 Å². The second-order valence-electron chi connectivity index (χ2n) is 4.90. The molecule has 0 spiro atoms. The van der Waals surface area contributed by atoms with Crippen molar-refractivity contribution in [3.8, 4) is 0 Å². The summed E-state index contributed by atoms with van der Waals surface area (Å²) < 4.78 is 5.79. The quantitative estimate of drug-likeness (QED) is 0.784. The molecular weight excluding hydrogens is 260 g/mol. The average Bonchev–Trinajstić information content (AvgIpc) is 2.86. The molecule has 0 atom stereocenters. The minimum absolute atomic E-state index is 0.0283. The van der Waals surface area contributed by atoms with Crippen LogP contribution in [0, 0.1) is 6.92 Å². The van der Waals surface area contributed by atoms with Gasteiger partial charge in [-0.25, -0.2) is 0 Å². The van der Waals surface area contributed by atoms with Gasteiger partial charge in [0.05, 0.1) is 11.7 Å². The lowest BCUT2D eigenvalue weighted by molar-refractivity contribution is 0.0318. The number of piperidine rings is 1. The number of carbonyl (C=O) groups is 1. The largest absolute Gasteiger partial charge is 0.378 e. The monoisotopic (exact) mass is 282 g/mol. The Bertz CT molecular complexity index is 400. The molecule has 1 fully saturated rings. The van der Waals surface area contributed by atoms with Gasteiger partial charge in [0, 0.05) is 18.5 Å². The summed E-state index contributed by atoms with van der Waals surface area (Å²) in [6.07, 6.45) is 3.47. The molecule has 4 nitrogen and oxygen atoms in total. The van der Waals surface area contributed by atoms with Crippen molar-refractivity contribution in [2.45, 2.75) is 32.3 Å². The molecule has 1 aliphatic rings. The van der Waals surface area contributed by atoms with Gasteiger partial charge in [0.2, 0.25) is 0 Å². The molecule has 5 heteroatoms. The number of hydrogen-bond acceptors (Lipinski definition) is 4. The number of amides is 1. The van der Waals surface area contributed by atoms with Crippen LogP contribution in [0.3, 0.4) is 0 Å². The molecule has 0 radical (unpaired) electrons. The van der Waals surface area contributed by atoms with Crippen LogP contribution in [-0.4, -0.2) is 38.3 Å². The third kappa shape index (κ3) is 4.60. The van der Waals surface area contributed by atoms with E-state index in [2.05, 4.69) is 10.6 Å². The topological polar surface area (TPSA) is 50.4 Å². The molecule has 0 aliphatic carbocycles. The summed E-state index contributed by atoms with van der Waals surface area (Å²) >= 11 is 1.57. The Hall–Kier alpha value is -0.910. The van der Waals surface area contributed by atoms with Crippen LogP contribution < -0.4 is 10.6 Å². The van der Waals surface area contributed by atoms with Gasteiger partial charge in [0.15, 0.2) is 0 Å². The van der Waals surface area contributed by atoms with Crippen LogP contribution >= 0.6 is 11.3 Å². The molecule has 1 aromatic heterocycles. The smallest absolute Gasteiger partial charge is 0.252 e. The number of aryl methyl sites for hydroxylation is 1. The van der Waals surface area contributed by atoms with E-state index >= 15 is 0 Å². The van der Waals surface area contributed by atoms with Crippen LogP contribution in [0.15, 0.2) is 10.8 Å². The highest BCUT2D eigenvalue weighted by molar-refractivity contribution is 7.08. The molecule has 0 saturated carbocycles. The van der Waals surface area contributed by atoms with Gasteiger partial charge in [-0.15, -0.1) is 0 Å². The second-order valence-corrected chi connectivity index (χ2v) is 5.64. The van der Waals surface area contributed by atoms with Crippen LogP contribution in [0.1, 0.15) is 35.2 Å². The van der Waals surface area contributed by atoms with E-state index in [1.807, 2.05) is 17.7 Å². The predicted octanol–water partition coefficient (Wildman–Crippen LogP) is 1.95. The SMILES string of the molecule is Cc1cscc1C(=O)NCCCOC1CCNCC1. The molecule has 1 amide bonds.